The maximum absolute atomic E-state index is 12.7. The quantitative estimate of drug-likeness (QED) is 0.766. The number of hydrogen-bond acceptors (Lipinski definition) is 6. The molecule has 22 heavy (non-hydrogen) atoms. The van der Waals surface area contributed by atoms with Gasteiger partial charge in [-0.25, -0.2) is 4.79 Å². The Hall–Kier alpha value is -1.89. The van der Waals surface area contributed by atoms with Crippen molar-refractivity contribution in [2.75, 3.05) is 7.11 Å². The molecule has 3 heterocycles. The lowest BCUT2D eigenvalue weighted by Gasteiger charge is -2.40. The fourth-order valence-electron chi connectivity index (χ4n) is 3.38. The standard InChI is InChI=1S/C15H20N2O5/c1-8-6-12(22-16-8)14(18)17-9(2)4-5-11-10(17)7-13(21-11)15(19)20-3/h6,9-11,13H,4-5,7H2,1-3H3/t9-,10+,11+,13-/m0/s1. The highest BCUT2D eigenvalue weighted by Crippen LogP contribution is 2.36. The summed E-state index contributed by atoms with van der Waals surface area (Å²) in [6.07, 6.45) is 1.39. The van der Waals surface area contributed by atoms with Gasteiger partial charge in [0.05, 0.1) is 24.9 Å². The van der Waals surface area contributed by atoms with Crippen molar-refractivity contribution < 1.29 is 23.6 Å². The normalized spacial score (nSPS) is 31.0. The van der Waals surface area contributed by atoms with Crippen LogP contribution in [0.2, 0.25) is 0 Å². The highest BCUT2D eigenvalue weighted by atomic mass is 16.6. The van der Waals surface area contributed by atoms with Crippen LogP contribution in [0.5, 0.6) is 0 Å². The Morgan fingerprint density at radius 1 is 1.41 bits per heavy atom. The maximum atomic E-state index is 12.7. The molecule has 3 rings (SSSR count). The van der Waals surface area contributed by atoms with Crippen LogP contribution in [0.25, 0.3) is 0 Å². The Kier molecular flexibility index (Phi) is 3.90. The molecule has 0 spiro atoms. The molecule has 120 valence electrons. The van der Waals surface area contributed by atoms with Gasteiger partial charge in [-0.15, -0.1) is 0 Å². The molecule has 2 aliphatic rings. The largest absolute Gasteiger partial charge is 0.467 e. The van der Waals surface area contributed by atoms with E-state index in [-0.39, 0.29) is 35.8 Å². The van der Waals surface area contributed by atoms with Gasteiger partial charge in [-0.1, -0.05) is 5.16 Å². The van der Waals surface area contributed by atoms with E-state index < -0.39 is 6.10 Å². The molecule has 7 heteroatoms. The maximum Gasteiger partial charge on any atom is 0.335 e. The van der Waals surface area contributed by atoms with Crippen molar-refractivity contribution in [3.63, 3.8) is 0 Å². The second-order valence-corrected chi connectivity index (χ2v) is 5.96. The zero-order valence-electron chi connectivity index (χ0n) is 12.9. The highest BCUT2D eigenvalue weighted by Gasteiger charge is 2.48. The zero-order valence-corrected chi connectivity index (χ0v) is 12.9. The van der Waals surface area contributed by atoms with Gasteiger partial charge >= 0.3 is 5.97 Å². The fourth-order valence-corrected chi connectivity index (χ4v) is 3.38. The third-order valence-corrected chi connectivity index (χ3v) is 4.46. The average molecular weight is 308 g/mol. The second-order valence-electron chi connectivity index (χ2n) is 5.96. The highest BCUT2D eigenvalue weighted by molar-refractivity contribution is 5.92. The van der Waals surface area contributed by atoms with Gasteiger partial charge in [0.25, 0.3) is 5.91 Å². The molecule has 0 aliphatic carbocycles. The summed E-state index contributed by atoms with van der Waals surface area (Å²) in [4.78, 5) is 26.2. The van der Waals surface area contributed by atoms with Gasteiger partial charge in [0, 0.05) is 18.5 Å². The molecule has 2 saturated heterocycles. The minimum atomic E-state index is -0.600. The number of methoxy groups -OCH3 is 1. The number of carbonyl (C=O) groups excluding carboxylic acids is 2. The second kappa shape index (κ2) is 5.72. The van der Waals surface area contributed by atoms with Crippen molar-refractivity contribution in [2.45, 2.75) is 57.4 Å². The van der Waals surface area contributed by atoms with Crippen LogP contribution in [0.15, 0.2) is 10.6 Å². The topological polar surface area (TPSA) is 81.9 Å². The molecule has 2 aliphatic heterocycles. The monoisotopic (exact) mass is 308 g/mol. The first-order valence-electron chi connectivity index (χ1n) is 7.50. The minimum absolute atomic E-state index is 0.0687. The van der Waals surface area contributed by atoms with Crippen LogP contribution in [0.4, 0.5) is 0 Å². The lowest BCUT2D eigenvalue weighted by atomic mass is 9.92. The molecule has 2 fully saturated rings. The first-order valence-corrected chi connectivity index (χ1v) is 7.50. The summed E-state index contributed by atoms with van der Waals surface area (Å²) in [5.74, 6) is -0.353. The summed E-state index contributed by atoms with van der Waals surface area (Å²) in [6.45, 7) is 3.78. The Balaban J connectivity index is 1.82. The number of amides is 1. The average Bonchev–Trinajstić information content (AvgIpc) is 3.11. The first kappa shape index (κ1) is 15.0. The summed E-state index contributed by atoms with van der Waals surface area (Å²) >= 11 is 0. The minimum Gasteiger partial charge on any atom is -0.467 e. The van der Waals surface area contributed by atoms with E-state index in [2.05, 4.69) is 5.16 Å². The van der Waals surface area contributed by atoms with E-state index in [4.69, 9.17) is 14.0 Å². The number of hydrogen-bond donors (Lipinski definition) is 0. The van der Waals surface area contributed by atoms with Crippen LogP contribution >= 0.6 is 0 Å². The van der Waals surface area contributed by atoms with Crippen molar-refractivity contribution in [3.05, 3.63) is 17.5 Å². The summed E-state index contributed by atoms with van der Waals surface area (Å²) in [6, 6.07) is 1.57. The van der Waals surface area contributed by atoms with Crippen LogP contribution in [0, 0.1) is 6.92 Å². The molecule has 0 bridgehead atoms. The molecule has 7 nitrogen and oxygen atoms in total. The predicted octanol–water partition coefficient (Wildman–Crippen LogP) is 1.31. The van der Waals surface area contributed by atoms with Gasteiger partial charge in [-0.3, -0.25) is 4.79 Å². The molecule has 0 radical (unpaired) electrons. The Morgan fingerprint density at radius 2 is 2.18 bits per heavy atom. The summed E-state index contributed by atoms with van der Waals surface area (Å²) < 4.78 is 15.6. The van der Waals surface area contributed by atoms with E-state index in [1.807, 2.05) is 6.92 Å². The molecule has 0 N–H and O–H groups in total. The molecule has 0 saturated carbocycles. The van der Waals surface area contributed by atoms with Gasteiger partial charge in [-0.2, -0.15) is 0 Å². The van der Waals surface area contributed by atoms with E-state index in [1.54, 1.807) is 17.9 Å². The molecule has 0 aromatic carbocycles. The van der Waals surface area contributed by atoms with Crippen LogP contribution in [0.3, 0.4) is 0 Å². The fraction of sp³-hybridized carbons (Fsp3) is 0.667. The number of ether oxygens (including phenoxy) is 2. The summed E-state index contributed by atoms with van der Waals surface area (Å²) in [7, 11) is 1.34. The van der Waals surface area contributed by atoms with Gasteiger partial charge in [0.2, 0.25) is 5.76 Å². The molecule has 1 amide bonds. The number of aryl methyl sites for hydroxylation is 1. The number of esters is 1. The van der Waals surface area contributed by atoms with E-state index >= 15 is 0 Å². The number of rotatable bonds is 2. The van der Waals surface area contributed by atoms with Gasteiger partial charge in [0.15, 0.2) is 6.10 Å². The van der Waals surface area contributed by atoms with Crippen molar-refractivity contribution in [3.8, 4) is 0 Å². The van der Waals surface area contributed by atoms with Crippen molar-refractivity contribution in [1.82, 2.24) is 10.1 Å². The zero-order chi connectivity index (χ0) is 15.9. The lowest BCUT2D eigenvalue weighted by Crippen LogP contribution is -2.53. The first-order chi connectivity index (χ1) is 10.5. The van der Waals surface area contributed by atoms with Crippen LogP contribution in [-0.2, 0) is 14.3 Å². The van der Waals surface area contributed by atoms with Crippen LogP contribution < -0.4 is 0 Å². The van der Waals surface area contributed by atoms with E-state index in [1.165, 1.54) is 7.11 Å². The Labute approximate surface area is 128 Å². The van der Waals surface area contributed by atoms with Crippen molar-refractivity contribution in [2.24, 2.45) is 0 Å². The Morgan fingerprint density at radius 3 is 2.82 bits per heavy atom. The number of aromatic nitrogens is 1. The predicted molar refractivity (Wildman–Crippen MR) is 75.2 cm³/mol. The van der Waals surface area contributed by atoms with Crippen molar-refractivity contribution in [1.29, 1.82) is 0 Å². The number of piperidine rings is 1. The van der Waals surface area contributed by atoms with E-state index in [0.717, 1.165) is 12.8 Å². The smallest absolute Gasteiger partial charge is 0.335 e. The lowest BCUT2D eigenvalue weighted by molar-refractivity contribution is -0.153. The molecular weight excluding hydrogens is 288 g/mol. The van der Waals surface area contributed by atoms with Crippen LogP contribution in [-0.4, -0.2) is 53.3 Å². The SMILES string of the molecule is COC(=O)[C@@H]1C[C@@H]2[C@@H](CC[C@H](C)N2C(=O)c2cc(C)no2)O1. The van der Waals surface area contributed by atoms with Crippen molar-refractivity contribution >= 4 is 11.9 Å². The number of likely N-dealkylation sites (tertiary alicyclic amines) is 1. The third kappa shape index (κ3) is 2.49. The summed E-state index contributed by atoms with van der Waals surface area (Å²) in [5, 5.41) is 3.77. The molecule has 4 atom stereocenters. The van der Waals surface area contributed by atoms with E-state index in [0.29, 0.717) is 12.1 Å². The van der Waals surface area contributed by atoms with Gasteiger partial charge in [-0.05, 0) is 26.7 Å². The third-order valence-electron chi connectivity index (χ3n) is 4.46. The molecular formula is C15H20N2O5. The Bertz CT molecular complexity index is 584. The number of carbonyl (C=O) groups is 2. The van der Waals surface area contributed by atoms with E-state index in [9.17, 15) is 9.59 Å². The molecule has 1 aromatic heterocycles. The molecule has 0 unspecified atom stereocenters. The van der Waals surface area contributed by atoms with Gasteiger partial charge < -0.3 is 18.9 Å². The number of nitrogens with zero attached hydrogens (tertiary/aromatic N) is 2. The summed E-state index contributed by atoms with van der Waals surface area (Å²) in [5.41, 5.74) is 0.666. The number of fused-ring (bicyclic) bond motifs is 1. The van der Waals surface area contributed by atoms with Gasteiger partial charge in [0.1, 0.15) is 0 Å². The van der Waals surface area contributed by atoms with Crippen LogP contribution in [0.1, 0.15) is 42.4 Å². The molecule has 1 aromatic rings.